The number of benzene rings is 1. The number of hydrogen-bond donors (Lipinski definition) is 0. The smallest absolute Gasteiger partial charge is 0.352 e. The minimum absolute atomic E-state index is 0.00624. The molecule has 0 heterocycles. The van der Waals surface area contributed by atoms with Crippen LogP contribution in [0.1, 0.15) is 134 Å². The van der Waals surface area contributed by atoms with E-state index in [1.807, 2.05) is 0 Å². The van der Waals surface area contributed by atoms with E-state index in [1.54, 1.807) is 27.7 Å². The predicted octanol–water partition coefficient (Wildman–Crippen LogP) is 2.28. The lowest BCUT2D eigenvalue weighted by Crippen LogP contribution is -2.50. The Labute approximate surface area is 507 Å². The van der Waals surface area contributed by atoms with Crippen LogP contribution in [0.3, 0.4) is 0 Å². The van der Waals surface area contributed by atoms with Crippen molar-refractivity contribution in [3.63, 3.8) is 0 Å². The van der Waals surface area contributed by atoms with Crippen molar-refractivity contribution in [2.45, 2.75) is 224 Å². The second kappa shape index (κ2) is 35.6. The highest BCUT2D eigenvalue weighted by Gasteiger charge is 2.37. The molecule has 0 N–H and O–H groups in total. The maximum atomic E-state index is 14.1. The van der Waals surface area contributed by atoms with E-state index in [0.717, 1.165) is 74.1 Å². The molecule has 1 aromatic carbocycles. The minimum atomic E-state index is -1.74. The lowest BCUT2D eigenvalue weighted by Gasteiger charge is -2.33. The normalized spacial score (nSPS) is 15.3. The molecule has 0 aliphatic carbocycles. The Morgan fingerprint density at radius 1 is 0.341 bits per heavy atom. The molecule has 0 aliphatic rings. The van der Waals surface area contributed by atoms with Gasteiger partial charge in [0.15, 0.2) is 79.4 Å². The maximum absolute atomic E-state index is 14.1. The largest absolute Gasteiger partial charge is 0.489 e. The highest BCUT2D eigenvalue weighted by Crippen LogP contribution is 2.34. The Kier molecular flexibility index (Phi) is 31.2. The number of rotatable bonds is 32. The van der Waals surface area contributed by atoms with Crippen LogP contribution in [0.25, 0.3) is 0 Å². The molecule has 0 saturated carbocycles. The summed E-state index contributed by atoms with van der Waals surface area (Å²) in [6.07, 6.45) is -20.1. The maximum Gasteiger partial charge on any atom is 0.352 e. The first kappa shape index (κ1) is 77.1. The summed E-state index contributed by atoms with van der Waals surface area (Å²) in [7, 11) is 0. The van der Waals surface area contributed by atoms with Crippen LogP contribution in [-0.2, 0) is 133 Å². The van der Waals surface area contributed by atoms with E-state index >= 15 is 0 Å². The van der Waals surface area contributed by atoms with Crippen LogP contribution in [0.2, 0.25) is 0 Å². The van der Waals surface area contributed by atoms with Crippen LogP contribution in [0.4, 0.5) is 0 Å². The molecule has 0 radical (unpaired) electrons. The van der Waals surface area contributed by atoms with Gasteiger partial charge in [-0.2, -0.15) is 0 Å². The van der Waals surface area contributed by atoms with Gasteiger partial charge < -0.3 is 76.0 Å². The van der Waals surface area contributed by atoms with Gasteiger partial charge in [0.1, 0.15) is 18.1 Å². The van der Waals surface area contributed by atoms with Gasteiger partial charge in [0.05, 0.1) is 6.54 Å². The molecule has 0 aliphatic heterocycles. The van der Waals surface area contributed by atoms with E-state index in [4.69, 9.17) is 71.1 Å². The standard InChI is InChI=1S/C57H79NO30/c1-24(2)58(46(62)28(6)78-50(66)32(10)82-51(67)33(11)79-47(63)29(7)75-40(18)59)22-43(87-56(72)38(16)85-54(70)36(14)83-52(68)34(12)80-48(64)30(8)76-41(19)60)23-74-44-21-25(3)45(27(5)26(44)4)88-57(73)39(17)86-55(71)37(15)84-53(69)35(13)81-49(65)31(9)77-42(20)61/h21,24,28-39,43H,22-23H2,1-20H3. The number of hydrogen-bond acceptors (Lipinski definition) is 30. The Hall–Kier alpha value is -8.93. The molecular weight excluding hydrogens is 1180 g/mol. The topological polar surface area (TPSA) is 398 Å². The molecule has 492 valence electrons. The highest BCUT2D eigenvalue weighted by atomic mass is 16.7. The zero-order valence-corrected chi connectivity index (χ0v) is 52.8. The van der Waals surface area contributed by atoms with Crippen LogP contribution in [0.15, 0.2) is 6.07 Å². The van der Waals surface area contributed by atoms with Gasteiger partial charge >= 0.3 is 83.6 Å². The van der Waals surface area contributed by atoms with Gasteiger partial charge in [-0.15, -0.1) is 0 Å². The molecule has 1 amide bonds. The summed E-state index contributed by atoms with van der Waals surface area (Å²) in [5.41, 5.74) is 0.958. The molecule has 0 saturated heterocycles. The van der Waals surface area contributed by atoms with Crippen LogP contribution < -0.4 is 9.47 Å². The summed E-state index contributed by atoms with van der Waals surface area (Å²) < 4.78 is 77.5. The van der Waals surface area contributed by atoms with E-state index in [1.165, 1.54) is 47.6 Å². The number of ether oxygens (including phenoxy) is 15. The van der Waals surface area contributed by atoms with E-state index in [-0.39, 0.29) is 17.1 Å². The fraction of sp³-hybridized carbons (Fsp3) is 0.632. The number of carbonyl (C=O) groups excluding carboxylic acids is 15. The first-order valence-electron chi connectivity index (χ1n) is 27.4. The van der Waals surface area contributed by atoms with Crippen molar-refractivity contribution in [2.75, 3.05) is 13.2 Å². The van der Waals surface area contributed by atoms with Crippen molar-refractivity contribution in [2.24, 2.45) is 0 Å². The molecule has 31 nitrogen and oxygen atoms in total. The molecule has 31 heteroatoms. The number of esters is 14. The third-order valence-electron chi connectivity index (χ3n) is 11.9. The Morgan fingerprint density at radius 2 is 0.591 bits per heavy atom. The number of aryl methyl sites for hydroxylation is 1. The van der Waals surface area contributed by atoms with Crippen molar-refractivity contribution in [3.05, 3.63) is 22.8 Å². The van der Waals surface area contributed by atoms with E-state index < -0.39 is 188 Å². The van der Waals surface area contributed by atoms with Gasteiger partial charge in [0, 0.05) is 26.8 Å². The third-order valence-corrected chi connectivity index (χ3v) is 11.9. The molecule has 13 unspecified atom stereocenters. The van der Waals surface area contributed by atoms with Crippen LogP contribution in [0.5, 0.6) is 11.5 Å². The van der Waals surface area contributed by atoms with Crippen molar-refractivity contribution < 1.29 is 143 Å². The molecule has 1 rings (SSSR count). The SMILES string of the molecule is CC(=O)OC(C)C(=O)OC(C)C(=O)OC(C)C(=O)OC(C)C(=O)Oc1c(C)cc(OCC(CN(C(=O)C(C)OC(=O)C(C)OC(=O)C(C)OC(=O)C(C)OC(C)=O)C(C)C)OC(=O)C(C)OC(=O)C(C)OC(=O)C(C)OC(=O)C(C)OC(C)=O)c(C)c1C. The summed E-state index contributed by atoms with van der Waals surface area (Å²) in [5, 5.41) is 0. The van der Waals surface area contributed by atoms with Crippen molar-refractivity contribution >= 4 is 89.5 Å². The minimum Gasteiger partial charge on any atom is -0.489 e. The Bertz CT molecular complexity index is 2750. The molecule has 1 aromatic rings. The summed E-state index contributed by atoms with van der Waals surface area (Å²) in [6.45, 7) is 23.7. The number of amides is 1. The summed E-state index contributed by atoms with van der Waals surface area (Å²) in [4.78, 5) is 190. The average molecular weight is 1260 g/mol. The molecular formula is C57H79NO30. The lowest BCUT2D eigenvalue weighted by atomic mass is 10.0. The molecule has 0 aromatic heterocycles. The van der Waals surface area contributed by atoms with Gasteiger partial charge in [-0.05, 0) is 140 Å². The number of nitrogens with zero attached hydrogens (tertiary/aromatic N) is 1. The van der Waals surface area contributed by atoms with Crippen molar-refractivity contribution in [1.29, 1.82) is 0 Å². The van der Waals surface area contributed by atoms with Crippen molar-refractivity contribution in [3.8, 4) is 11.5 Å². The van der Waals surface area contributed by atoms with Gasteiger partial charge in [-0.1, -0.05) is 0 Å². The number of carbonyl (C=O) groups is 15. The third kappa shape index (κ3) is 25.6. The van der Waals surface area contributed by atoms with E-state index in [0.29, 0.717) is 11.1 Å². The Balaban J connectivity index is 3.43. The zero-order chi connectivity index (χ0) is 67.9. The lowest BCUT2D eigenvalue weighted by molar-refractivity contribution is -0.186. The van der Waals surface area contributed by atoms with E-state index in [9.17, 15) is 71.9 Å². The summed E-state index contributed by atoms with van der Waals surface area (Å²) in [6, 6.07) is 0.700. The first-order chi connectivity index (χ1) is 40.6. The van der Waals surface area contributed by atoms with Crippen LogP contribution in [-0.4, -0.2) is 193 Å². The molecule has 0 bridgehead atoms. The van der Waals surface area contributed by atoms with E-state index in [2.05, 4.69) is 0 Å². The zero-order valence-electron chi connectivity index (χ0n) is 52.8. The average Bonchev–Trinajstić information content (AvgIpc) is 3.31. The second-order valence-electron chi connectivity index (χ2n) is 20.1. The van der Waals surface area contributed by atoms with Gasteiger partial charge in [-0.25, -0.2) is 52.7 Å². The predicted molar refractivity (Wildman–Crippen MR) is 292 cm³/mol. The quantitative estimate of drug-likeness (QED) is 0.0567. The molecule has 0 fully saturated rings. The summed E-state index contributed by atoms with van der Waals surface area (Å²) in [5.74, 6) is -15.8. The fourth-order valence-electron chi connectivity index (χ4n) is 6.84. The summed E-state index contributed by atoms with van der Waals surface area (Å²) >= 11 is 0. The van der Waals surface area contributed by atoms with Gasteiger partial charge in [-0.3, -0.25) is 19.2 Å². The molecule has 13 atom stereocenters. The highest BCUT2D eigenvalue weighted by molar-refractivity contribution is 5.89. The molecule has 88 heavy (non-hydrogen) atoms. The van der Waals surface area contributed by atoms with Crippen molar-refractivity contribution in [1.82, 2.24) is 4.90 Å². The fourth-order valence-corrected chi connectivity index (χ4v) is 6.84. The van der Waals surface area contributed by atoms with Gasteiger partial charge in [0.25, 0.3) is 5.91 Å². The first-order valence-corrected chi connectivity index (χ1v) is 27.4. The Morgan fingerprint density at radius 3 is 0.864 bits per heavy atom. The van der Waals surface area contributed by atoms with Crippen LogP contribution >= 0.6 is 0 Å². The molecule has 0 spiro atoms. The monoisotopic (exact) mass is 1260 g/mol. The van der Waals surface area contributed by atoms with Crippen LogP contribution in [0, 0.1) is 20.8 Å². The van der Waals surface area contributed by atoms with Gasteiger partial charge in [0.2, 0.25) is 0 Å². The second-order valence-corrected chi connectivity index (χ2v) is 20.1.